The number of amides is 1. The predicted octanol–water partition coefficient (Wildman–Crippen LogP) is 1.92. The van der Waals surface area contributed by atoms with E-state index in [1.165, 1.54) is 0 Å². The van der Waals surface area contributed by atoms with E-state index < -0.39 is 5.82 Å². The van der Waals surface area contributed by atoms with Crippen LogP contribution in [0.25, 0.3) is 0 Å². The van der Waals surface area contributed by atoms with Crippen molar-refractivity contribution in [1.82, 2.24) is 14.8 Å². The molecular formula is C11H12Cl2FN3O. The number of halogens is 3. The molecule has 0 aliphatic carbocycles. The van der Waals surface area contributed by atoms with Crippen LogP contribution in [0, 0.1) is 5.82 Å². The minimum atomic E-state index is -0.737. The van der Waals surface area contributed by atoms with Gasteiger partial charge in [-0.05, 0) is 13.1 Å². The molecule has 4 nitrogen and oxygen atoms in total. The maximum atomic E-state index is 13.3. The topological polar surface area (TPSA) is 36.4 Å². The van der Waals surface area contributed by atoms with Gasteiger partial charge < -0.3 is 9.80 Å². The summed E-state index contributed by atoms with van der Waals surface area (Å²) in [6, 6.07) is 1.04. The summed E-state index contributed by atoms with van der Waals surface area (Å²) < 4.78 is 13.3. The Morgan fingerprint density at radius 1 is 1.28 bits per heavy atom. The molecule has 0 radical (unpaired) electrons. The Balaban J connectivity index is 2.21. The summed E-state index contributed by atoms with van der Waals surface area (Å²) in [5.74, 6) is -1.05. The lowest BCUT2D eigenvalue weighted by atomic mass is 10.2. The van der Waals surface area contributed by atoms with Crippen LogP contribution < -0.4 is 0 Å². The molecule has 0 N–H and O–H groups in total. The van der Waals surface area contributed by atoms with Gasteiger partial charge in [0, 0.05) is 26.2 Å². The lowest BCUT2D eigenvalue weighted by Gasteiger charge is -2.32. The fourth-order valence-electron chi connectivity index (χ4n) is 1.78. The lowest BCUT2D eigenvalue weighted by Crippen LogP contribution is -2.47. The van der Waals surface area contributed by atoms with Crippen molar-refractivity contribution in [3.05, 3.63) is 27.8 Å². The van der Waals surface area contributed by atoms with Crippen LogP contribution >= 0.6 is 23.2 Å². The summed E-state index contributed by atoms with van der Waals surface area (Å²) in [5.41, 5.74) is 0.0584. The maximum absolute atomic E-state index is 13.3. The summed E-state index contributed by atoms with van der Waals surface area (Å²) in [6.07, 6.45) is 0. The molecular weight excluding hydrogens is 280 g/mol. The van der Waals surface area contributed by atoms with Crippen molar-refractivity contribution >= 4 is 29.1 Å². The fraction of sp³-hybridized carbons (Fsp3) is 0.455. The Morgan fingerprint density at radius 3 is 2.50 bits per heavy atom. The molecule has 1 aromatic heterocycles. The largest absolute Gasteiger partial charge is 0.336 e. The van der Waals surface area contributed by atoms with E-state index in [-0.39, 0.29) is 21.8 Å². The second kappa shape index (κ2) is 5.38. The number of nitrogens with zero attached hydrogens (tertiary/aromatic N) is 3. The zero-order valence-electron chi connectivity index (χ0n) is 9.79. The molecule has 2 heterocycles. The second-order valence-corrected chi connectivity index (χ2v) is 4.91. The highest BCUT2D eigenvalue weighted by Gasteiger charge is 2.24. The first-order chi connectivity index (χ1) is 8.49. The Bertz CT molecular complexity index is 476. The van der Waals surface area contributed by atoms with Crippen molar-refractivity contribution in [3.8, 4) is 0 Å². The van der Waals surface area contributed by atoms with E-state index in [0.29, 0.717) is 13.1 Å². The van der Waals surface area contributed by atoms with Gasteiger partial charge in [0.05, 0.1) is 5.56 Å². The summed E-state index contributed by atoms with van der Waals surface area (Å²) in [4.78, 5) is 19.5. The lowest BCUT2D eigenvalue weighted by molar-refractivity contribution is 0.0663. The van der Waals surface area contributed by atoms with Gasteiger partial charge in [0.25, 0.3) is 5.91 Å². The zero-order chi connectivity index (χ0) is 13.3. The van der Waals surface area contributed by atoms with E-state index in [0.717, 1.165) is 19.2 Å². The number of hydrogen-bond acceptors (Lipinski definition) is 3. The van der Waals surface area contributed by atoms with Crippen LogP contribution in [-0.4, -0.2) is 53.9 Å². The molecule has 1 amide bonds. The highest BCUT2D eigenvalue weighted by molar-refractivity contribution is 6.34. The van der Waals surface area contributed by atoms with Crippen molar-refractivity contribution in [3.63, 3.8) is 0 Å². The van der Waals surface area contributed by atoms with Gasteiger partial charge in [-0.1, -0.05) is 23.2 Å². The van der Waals surface area contributed by atoms with Crippen LogP contribution in [-0.2, 0) is 0 Å². The van der Waals surface area contributed by atoms with Gasteiger partial charge >= 0.3 is 0 Å². The minimum Gasteiger partial charge on any atom is -0.336 e. The van der Waals surface area contributed by atoms with E-state index in [1.54, 1.807) is 4.90 Å². The number of piperazine rings is 1. The van der Waals surface area contributed by atoms with Crippen molar-refractivity contribution in [1.29, 1.82) is 0 Å². The number of aromatic nitrogens is 1. The molecule has 18 heavy (non-hydrogen) atoms. The first-order valence-electron chi connectivity index (χ1n) is 5.48. The minimum absolute atomic E-state index is 0.0584. The predicted molar refractivity (Wildman–Crippen MR) is 67.6 cm³/mol. The molecule has 98 valence electrons. The zero-order valence-corrected chi connectivity index (χ0v) is 11.3. The summed E-state index contributed by atoms with van der Waals surface area (Å²) in [5, 5.41) is -0.389. The quantitative estimate of drug-likeness (QED) is 0.742. The number of likely N-dealkylation sites (N-methyl/N-ethyl adjacent to an activating group) is 1. The Hall–Kier alpha value is -0.910. The number of carbonyl (C=O) groups excluding carboxylic acids is 1. The van der Waals surface area contributed by atoms with Crippen molar-refractivity contribution in [2.75, 3.05) is 33.2 Å². The Kier molecular flexibility index (Phi) is 4.04. The molecule has 0 aromatic carbocycles. The van der Waals surface area contributed by atoms with Crippen LogP contribution in [0.1, 0.15) is 10.4 Å². The highest BCUT2D eigenvalue weighted by Crippen LogP contribution is 2.22. The molecule has 1 fully saturated rings. The molecule has 1 aliphatic rings. The standard InChI is InChI=1S/C11H12Cl2FN3O/c1-16-2-4-17(5-3-16)11(18)7-6-8(14)10(13)15-9(7)12/h6H,2-5H2,1H3. The average molecular weight is 292 g/mol. The van der Waals surface area contributed by atoms with E-state index >= 15 is 0 Å². The van der Waals surface area contributed by atoms with Crippen molar-refractivity contribution in [2.45, 2.75) is 0 Å². The third-order valence-electron chi connectivity index (χ3n) is 2.91. The van der Waals surface area contributed by atoms with E-state index in [2.05, 4.69) is 9.88 Å². The number of hydrogen-bond donors (Lipinski definition) is 0. The average Bonchev–Trinajstić information content (AvgIpc) is 2.34. The highest BCUT2D eigenvalue weighted by atomic mass is 35.5. The maximum Gasteiger partial charge on any atom is 0.257 e. The fourth-order valence-corrected chi connectivity index (χ4v) is 2.18. The monoisotopic (exact) mass is 291 g/mol. The second-order valence-electron chi connectivity index (χ2n) is 4.19. The normalized spacial score (nSPS) is 17.0. The molecule has 1 aromatic rings. The molecule has 0 bridgehead atoms. The van der Waals surface area contributed by atoms with E-state index in [9.17, 15) is 9.18 Å². The van der Waals surface area contributed by atoms with Crippen molar-refractivity contribution < 1.29 is 9.18 Å². The summed E-state index contributed by atoms with van der Waals surface area (Å²) in [6.45, 7) is 2.76. The van der Waals surface area contributed by atoms with Gasteiger partial charge in [-0.25, -0.2) is 9.37 Å². The van der Waals surface area contributed by atoms with E-state index in [1.807, 2.05) is 7.05 Å². The first-order valence-corrected chi connectivity index (χ1v) is 6.24. The third kappa shape index (κ3) is 2.74. The smallest absolute Gasteiger partial charge is 0.257 e. The molecule has 1 saturated heterocycles. The molecule has 0 unspecified atom stereocenters. The van der Waals surface area contributed by atoms with Gasteiger partial charge in [0.1, 0.15) is 5.15 Å². The van der Waals surface area contributed by atoms with Gasteiger partial charge in [-0.15, -0.1) is 0 Å². The first kappa shape index (κ1) is 13.5. The molecule has 0 saturated carbocycles. The van der Waals surface area contributed by atoms with Crippen LogP contribution in [0.3, 0.4) is 0 Å². The molecule has 2 rings (SSSR count). The van der Waals surface area contributed by atoms with Gasteiger partial charge in [0.15, 0.2) is 11.0 Å². The van der Waals surface area contributed by atoms with Gasteiger partial charge in [-0.2, -0.15) is 0 Å². The van der Waals surface area contributed by atoms with E-state index in [4.69, 9.17) is 23.2 Å². The molecule has 0 spiro atoms. The molecule has 0 atom stereocenters. The Labute approximate surface area is 114 Å². The van der Waals surface area contributed by atoms with Gasteiger partial charge in [0.2, 0.25) is 0 Å². The number of carbonyl (C=O) groups is 1. The van der Waals surface area contributed by atoms with Crippen LogP contribution in [0.4, 0.5) is 4.39 Å². The van der Waals surface area contributed by atoms with Crippen LogP contribution in [0.2, 0.25) is 10.3 Å². The van der Waals surface area contributed by atoms with Crippen LogP contribution in [0.5, 0.6) is 0 Å². The van der Waals surface area contributed by atoms with Gasteiger partial charge in [-0.3, -0.25) is 4.79 Å². The Morgan fingerprint density at radius 2 is 1.89 bits per heavy atom. The van der Waals surface area contributed by atoms with Crippen molar-refractivity contribution in [2.24, 2.45) is 0 Å². The number of pyridine rings is 1. The summed E-state index contributed by atoms with van der Waals surface area (Å²) >= 11 is 11.3. The number of rotatable bonds is 1. The summed E-state index contributed by atoms with van der Waals surface area (Å²) in [7, 11) is 1.98. The molecule has 7 heteroatoms. The third-order valence-corrected chi connectivity index (χ3v) is 3.46. The SMILES string of the molecule is CN1CCN(C(=O)c2cc(F)c(Cl)nc2Cl)CC1. The van der Waals surface area contributed by atoms with Crippen LogP contribution in [0.15, 0.2) is 6.07 Å². The molecule has 1 aliphatic heterocycles.